The number of carbonyl (C=O) groups is 1. The van der Waals surface area contributed by atoms with Gasteiger partial charge in [0, 0.05) is 41.8 Å². The highest BCUT2D eigenvalue weighted by atomic mass is 35.5. The number of fused-ring (bicyclic) bond motifs is 2. The molecule has 4 aromatic rings. The van der Waals surface area contributed by atoms with Crippen molar-refractivity contribution < 1.29 is 13.9 Å². The number of hydrogen-bond donors (Lipinski definition) is 2. The number of aromatic nitrogens is 3. The Morgan fingerprint density at radius 3 is 2.79 bits per heavy atom. The smallest absolute Gasteiger partial charge is 0.183 e. The Balaban J connectivity index is 1.46. The van der Waals surface area contributed by atoms with E-state index in [0.717, 1.165) is 53.6 Å². The first-order chi connectivity index (χ1) is 14.1. The van der Waals surface area contributed by atoms with E-state index >= 15 is 0 Å². The van der Waals surface area contributed by atoms with Crippen molar-refractivity contribution in [2.45, 2.75) is 25.2 Å². The second-order valence-corrected chi connectivity index (χ2v) is 7.92. The summed E-state index contributed by atoms with van der Waals surface area (Å²) in [5.74, 6) is -0.175. The number of aromatic amines is 2. The third-order valence-electron chi connectivity index (χ3n) is 5.59. The highest BCUT2D eigenvalue weighted by molar-refractivity contribution is 6.30. The summed E-state index contributed by atoms with van der Waals surface area (Å²) in [4.78, 5) is 15.9. The molecule has 1 saturated heterocycles. The van der Waals surface area contributed by atoms with Gasteiger partial charge >= 0.3 is 0 Å². The third-order valence-corrected chi connectivity index (χ3v) is 5.88. The van der Waals surface area contributed by atoms with Crippen LogP contribution in [-0.4, -0.2) is 34.2 Å². The van der Waals surface area contributed by atoms with Gasteiger partial charge in [0.15, 0.2) is 5.78 Å². The van der Waals surface area contributed by atoms with Gasteiger partial charge in [-0.15, -0.1) is 0 Å². The van der Waals surface area contributed by atoms with Crippen LogP contribution in [0.4, 0.5) is 4.39 Å². The Morgan fingerprint density at radius 2 is 2.00 bits per heavy atom. The maximum atomic E-state index is 13.3. The predicted octanol–water partition coefficient (Wildman–Crippen LogP) is 5.16. The Morgan fingerprint density at radius 1 is 1.17 bits per heavy atom. The third kappa shape index (κ3) is 3.43. The fraction of sp³-hybridized carbons (Fsp3) is 0.273. The SMILES string of the molecule is O=C(Cc1ccc(F)c(Cl)c1)c1cc2cc3c(C4CCOCC4)n[nH]c3cc2[nH]1. The van der Waals surface area contributed by atoms with Crippen LogP contribution in [0.15, 0.2) is 36.4 Å². The number of nitrogens with zero attached hydrogens (tertiary/aromatic N) is 1. The molecule has 0 amide bonds. The van der Waals surface area contributed by atoms with Crippen LogP contribution in [0.2, 0.25) is 5.02 Å². The van der Waals surface area contributed by atoms with Gasteiger partial charge in [-0.1, -0.05) is 17.7 Å². The molecule has 0 bridgehead atoms. The quantitative estimate of drug-likeness (QED) is 0.456. The molecule has 0 spiro atoms. The first-order valence-corrected chi connectivity index (χ1v) is 10.0. The average Bonchev–Trinajstić information content (AvgIpc) is 3.33. The van der Waals surface area contributed by atoms with E-state index in [9.17, 15) is 9.18 Å². The Bertz CT molecular complexity index is 1220. The minimum atomic E-state index is -0.488. The van der Waals surface area contributed by atoms with Crippen LogP contribution in [0.3, 0.4) is 0 Å². The molecule has 2 aromatic heterocycles. The van der Waals surface area contributed by atoms with Gasteiger partial charge in [0.05, 0.1) is 21.9 Å². The van der Waals surface area contributed by atoms with Gasteiger partial charge in [-0.25, -0.2) is 4.39 Å². The van der Waals surface area contributed by atoms with Crippen molar-refractivity contribution in [3.63, 3.8) is 0 Å². The molecule has 29 heavy (non-hydrogen) atoms. The maximum absolute atomic E-state index is 13.3. The number of nitrogens with one attached hydrogen (secondary N) is 2. The number of ether oxygens (including phenoxy) is 1. The highest BCUT2D eigenvalue weighted by Gasteiger charge is 2.21. The zero-order valence-corrected chi connectivity index (χ0v) is 16.4. The molecule has 0 atom stereocenters. The van der Waals surface area contributed by atoms with Crippen LogP contribution in [0.1, 0.15) is 40.5 Å². The molecule has 0 unspecified atom stereocenters. The topological polar surface area (TPSA) is 70.8 Å². The number of halogens is 2. The second kappa shape index (κ2) is 7.28. The van der Waals surface area contributed by atoms with Crippen molar-refractivity contribution in [3.8, 4) is 0 Å². The molecule has 5 rings (SSSR count). The van der Waals surface area contributed by atoms with E-state index in [2.05, 4.69) is 21.2 Å². The predicted molar refractivity (Wildman–Crippen MR) is 110 cm³/mol. The van der Waals surface area contributed by atoms with Crippen molar-refractivity contribution >= 4 is 39.2 Å². The van der Waals surface area contributed by atoms with Crippen LogP contribution in [0, 0.1) is 5.82 Å². The summed E-state index contributed by atoms with van der Waals surface area (Å²) in [6.07, 6.45) is 2.09. The summed E-state index contributed by atoms with van der Waals surface area (Å²) in [7, 11) is 0. The normalized spacial score (nSPS) is 15.4. The van der Waals surface area contributed by atoms with E-state index in [1.165, 1.54) is 12.1 Å². The van der Waals surface area contributed by atoms with Gasteiger partial charge in [-0.05, 0) is 48.7 Å². The van der Waals surface area contributed by atoms with Crippen molar-refractivity contribution in [1.82, 2.24) is 15.2 Å². The van der Waals surface area contributed by atoms with Crippen molar-refractivity contribution in [3.05, 3.63) is 64.2 Å². The van der Waals surface area contributed by atoms with Crippen LogP contribution >= 0.6 is 11.6 Å². The zero-order chi connectivity index (χ0) is 20.0. The van der Waals surface area contributed by atoms with Gasteiger partial charge in [0.1, 0.15) is 5.82 Å². The van der Waals surface area contributed by atoms with Crippen molar-refractivity contribution in [1.29, 1.82) is 0 Å². The molecule has 148 valence electrons. The van der Waals surface area contributed by atoms with E-state index in [0.29, 0.717) is 17.2 Å². The number of benzene rings is 2. The number of rotatable bonds is 4. The number of Topliss-reactive ketones (excluding diaryl/α,β-unsaturated/α-hetero) is 1. The zero-order valence-electron chi connectivity index (χ0n) is 15.6. The van der Waals surface area contributed by atoms with E-state index in [1.54, 1.807) is 6.07 Å². The van der Waals surface area contributed by atoms with Crippen LogP contribution < -0.4 is 0 Å². The number of hydrogen-bond acceptors (Lipinski definition) is 3. The van der Waals surface area contributed by atoms with E-state index in [1.807, 2.05) is 12.1 Å². The molecular formula is C22H19ClFN3O2. The number of ketones is 1. The van der Waals surface area contributed by atoms with Crippen LogP contribution in [-0.2, 0) is 11.2 Å². The summed E-state index contributed by atoms with van der Waals surface area (Å²) < 4.78 is 18.8. The molecule has 2 aromatic carbocycles. The van der Waals surface area contributed by atoms with E-state index in [4.69, 9.17) is 16.3 Å². The van der Waals surface area contributed by atoms with Gasteiger partial charge < -0.3 is 9.72 Å². The summed E-state index contributed by atoms with van der Waals surface area (Å²) in [6.45, 7) is 1.52. The Hall–Kier alpha value is -2.70. The fourth-order valence-corrected chi connectivity index (χ4v) is 4.23. The second-order valence-electron chi connectivity index (χ2n) is 7.51. The largest absolute Gasteiger partial charge is 0.381 e. The van der Waals surface area contributed by atoms with Crippen molar-refractivity contribution in [2.24, 2.45) is 0 Å². The lowest BCUT2D eigenvalue weighted by Crippen LogP contribution is -2.14. The summed E-state index contributed by atoms with van der Waals surface area (Å²) >= 11 is 5.82. The maximum Gasteiger partial charge on any atom is 0.183 e. The van der Waals surface area contributed by atoms with Gasteiger partial charge in [-0.2, -0.15) is 5.10 Å². The summed E-state index contributed by atoms with van der Waals surface area (Å²) in [6, 6.07) is 10.3. The molecule has 5 nitrogen and oxygen atoms in total. The fourth-order valence-electron chi connectivity index (χ4n) is 4.03. The van der Waals surface area contributed by atoms with Crippen LogP contribution in [0.25, 0.3) is 21.8 Å². The molecular weight excluding hydrogens is 393 g/mol. The minimum Gasteiger partial charge on any atom is -0.381 e. The monoisotopic (exact) mass is 411 g/mol. The van der Waals surface area contributed by atoms with Crippen molar-refractivity contribution in [2.75, 3.05) is 13.2 Å². The standard InChI is InChI=1S/C22H19ClFN3O2/c23-16-7-12(1-2-17(16)24)8-21(28)20-10-14-9-15-19(11-18(14)25-20)26-27-22(15)13-3-5-29-6-4-13/h1-2,7,9-11,13,25H,3-6,8H2,(H,26,27). The Kier molecular flexibility index (Phi) is 4.60. The molecule has 1 aliphatic rings. The first-order valence-electron chi connectivity index (χ1n) is 9.64. The molecule has 0 radical (unpaired) electrons. The molecule has 0 saturated carbocycles. The Labute approximate surface area is 171 Å². The van der Waals surface area contributed by atoms with E-state index in [-0.39, 0.29) is 17.2 Å². The molecule has 2 N–H and O–H groups in total. The minimum absolute atomic E-state index is 0.0226. The number of carbonyl (C=O) groups excluding carboxylic acids is 1. The number of H-pyrrole nitrogens is 2. The van der Waals surface area contributed by atoms with Gasteiger partial charge in [-0.3, -0.25) is 9.89 Å². The molecule has 7 heteroatoms. The lowest BCUT2D eigenvalue weighted by atomic mass is 9.94. The molecule has 1 fully saturated rings. The van der Waals surface area contributed by atoms with E-state index < -0.39 is 5.82 Å². The average molecular weight is 412 g/mol. The van der Waals surface area contributed by atoms with Gasteiger partial charge in [0.25, 0.3) is 0 Å². The van der Waals surface area contributed by atoms with Crippen LogP contribution in [0.5, 0.6) is 0 Å². The first kappa shape index (κ1) is 18.3. The molecule has 1 aliphatic heterocycles. The summed E-state index contributed by atoms with van der Waals surface area (Å²) in [5, 5.41) is 9.75. The molecule has 0 aliphatic carbocycles. The van der Waals surface area contributed by atoms with Gasteiger partial charge in [0.2, 0.25) is 0 Å². The lowest BCUT2D eigenvalue weighted by Gasteiger charge is -2.20. The lowest BCUT2D eigenvalue weighted by molar-refractivity contribution is 0.0847. The summed E-state index contributed by atoms with van der Waals surface area (Å²) in [5.41, 5.74) is 4.09. The molecule has 3 heterocycles. The highest BCUT2D eigenvalue weighted by Crippen LogP contribution is 2.33.